The van der Waals surface area contributed by atoms with E-state index in [1.807, 2.05) is 7.05 Å². The van der Waals surface area contributed by atoms with Crippen molar-refractivity contribution in [3.05, 3.63) is 42.2 Å². The molecule has 0 saturated carbocycles. The lowest BCUT2D eigenvalue weighted by atomic mass is 10.2. The molecule has 100 valence electrons. The van der Waals surface area contributed by atoms with Crippen LogP contribution >= 0.6 is 0 Å². The zero-order valence-electron chi connectivity index (χ0n) is 10.2. The monoisotopic (exact) mass is 279 g/mol. The highest BCUT2D eigenvalue weighted by molar-refractivity contribution is 7.92. The van der Waals surface area contributed by atoms with Gasteiger partial charge in [0.2, 0.25) is 0 Å². The van der Waals surface area contributed by atoms with Gasteiger partial charge < -0.3 is 5.32 Å². The van der Waals surface area contributed by atoms with Crippen LogP contribution in [0.1, 0.15) is 5.56 Å². The molecule has 0 unspecified atom stereocenters. The van der Waals surface area contributed by atoms with E-state index in [9.17, 15) is 8.42 Å². The fourth-order valence-corrected chi connectivity index (χ4v) is 2.41. The van der Waals surface area contributed by atoms with E-state index in [2.05, 4.69) is 25.2 Å². The third-order valence-corrected chi connectivity index (χ3v) is 3.67. The van der Waals surface area contributed by atoms with E-state index in [4.69, 9.17) is 0 Å². The molecule has 7 nitrogen and oxygen atoms in total. The van der Waals surface area contributed by atoms with E-state index >= 15 is 0 Å². The van der Waals surface area contributed by atoms with E-state index in [-0.39, 0.29) is 10.8 Å². The van der Waals surface area contributed by atoms with E-state index in [1.165, 1.54) is 24.5 Å². The average Bonchev–Trinajstić information content (AvgIpc) is 2.40. The molecule has 2 N–H and O–H groups in total. The van der Waals surface area contributed by atoms with Crippen LogP contribution in [0.4, 0.5) is 5.95 Å². The number of hydrogen-bond donors (Lipinski definition) is 2. The fraction of sp³-hybridized carbons (Fsp3) is 0.182. The summed E-state index contributed by atoms with van der Waals surface area (Å²) in [4.78, 5) is 3.92. The zero-order chi connectivity index (χ0) is 13.7. The topological polar surface area (TPSA) is 96.9 Å². The molecule has 0 saturated heterocycles. The molecule has 0 aliphatic heterocycles. The maximum atomic E-state index is 12.0. The molecule has 2 rings (SSSR count). The lowest BCUT2D eigenvalue weighted by molar-refractivity contribution is 0.600. The van der Waals surface area contributed by atoms with Gasteiger partial charge in [0, 0.05) is 6.54 Å². The molecule has 0 aliphatic rings. The van der Waals surface area contributed by atoms with Crippen LogP contribution in [0, 0.1) is 0 Å². The Morgan fingerprint density at radius 1 is 1.16 bits per heavy atom. The van der Waals surface area contributed by atoms with Gasteiger partial charge in [-0.3, -0.25) is 0 Å². The molecule has 8 heteroatoms. The van der Waals surface area contributed by atoms with Crippen LogP contribution < -0.4 is 10.0 Å². The van der Waals surface area contributed by atoms with Gasteiger partial charge in [0.05, 0.1) is 17.3 Å². The summed E-state index contributed by atoms with van der Waals surface area (Å²) < 4.78 is 26.3. The maximum absolute atomic E-state index is 12.0. The summed E-state index contributed by atoms with van der Waals surface area (Å²) in [5.41, 5.74) is 0.999. The molecule has 1 aromatic heterocycles. The maximum Gasteiger partial charge on any atom is 0.264 e. The zero-order valence-corrected chi connectivity index (χ0v) is 11.1. The fourth-order valence-electron chi connectivity index (χ4n) is 1.46. The van der Waals surface area contributed by atoms with Crippen molar-refractivity contribution >= 4 is 16.0 Å². The summed E-state index contributed by atoms with van der Waals surface area (Å²) in [6, 6.07) is 6.56. The minimum atomic E-state index is -3.68. The second kappa shape index (κ2) is 5.72. The van der Waals surface area contributed by atoms with Crippen LogP contribution in [-0.4, -0.2) is 30.6 Å². The van der Waals surface area contributed by atoms with Crippen LogP contribution in [-0.2, 0) is 16.6 Å². The summed E-state index contributed by atoms with van der Waals surface area (Å²) in [5, 5.41) is 10.1. The largest absolute Gasteiger partial charge is 0.316 e. The number of nitrogens with zero attached hydrogens (tertiary/aromatic N) is 3. The number of nitrogens with one attached hydrogen (secondary N) is 2. The van der Waals surface area contributed by atoms with Crippen LogP contribution in [0.3, 0.4) is 0 Å². The summed E-state index contributed by atoms with van der Waals surface area (Å²) in [7, 11) is -1.86. The molecule has 1 heterocycles. The van der Waals surface area contributed by atoms with Crippen LogP contribution in [0.25, 0.3) is 0 Å². The van der Waals surface area contributed by atoms with Gasteiger partial charge >= 0.3 is 0 Å². The summed E-state index contributed by atoms with van der Waals surface area (Å²) in [6.07, 6.45) is 2.73. The number of aromatic nitrogens is 3. The van der Waals surface area contributed by atoms with Crippen LogP contribution in [0.5, 0.6) is 0 Å². The van der Waals surface area contributed by atoms with Crippen LogP contribution in [0.2, 0.25) is 0 Å². The first-order valence-corrected chi connectivity index (χ1v) is 7.00. The summed E-state index contributed by atoms with van der Waals surface area (Å²) >= 11 is 0. The lowest BCUT2D eigenvalue weighted by Crippen LogP contribution is -2.15. The lowest BCUT2D eigenvalue weighted by Gasteiger charge is -2.06. The Morgan fingerprint density at radius 2 is 1.89 bits per heavy atom. The first kappa shape index (κ1) is 13.4. The van der Waals surface area contributed by atoms with Gasteiger partial charge in [-0.1, -0.05) is 12.1 Å². The first-order valence-electron chi connectivity index (χ1n) is 5.52. The Balaban J connectivity index is 2.20. The van der Waals surface area contributed by atoms with E-state index in [0.717, 1.165) is 5.56 Å². The standard InChI is InChI=1S/C11H13N5O2S/c1-12-8-9-2-4-10(5-3-9)19(17,18)16-11-13-6-7-14-15-11/h2-7,12H,8H2,1H3,(H,13,15,16). The Hall–Kier alpha value is -2.06. The van der Waals surface area contributed by atoms with Crippen molar-refractivity contribution in [3.8, 4) is 0 Å². The number of benzene rings is 1. The molecule has 0 radical (unpaired) electrons. The molecule has 0 aliphatic carbocycles. The van der Waals surface area contributed by atoms with Crippen molar-refractivity contribution in [1.82, 2.24) is 20.5 Å². The minimum Gasteiger partial charge on any atom is -0.316 e. The van der Waals surface area contributed by atoms with Crippen molar-refractivity contribution in [2.75, 3.05) is 11.8 Å². The van der Waals surface area contributed by atoms with Gasteiger partial charge in [0.25, 0.3) is 16.0 Å². The Kier molecular flexibility index (Phi) is 4.03. The molecule has 1 aromatic carbocycles. The Morgan fingerprint density at radius 3 is 2.47 bits per heavy atom. The van der Waals surface area contributed by atoms with Crippen molar-refractivity contribution in [2.24, 2.45) is 0 Å². The Labute approximate surface area is 111 Å². The van der Waals surface area contributed by atoms with Crippen molar-refractivity contribution in [2.45, 2.75) is 11.4 Å². The number of rotatable bonds is 5. The SMILES string of the molecule is CNCc1ccc(S(=O)(=O)Nc2nccnn2)cc1. The molecule has 0 bridgehead atoms. The third-order valence-electron chi connectivity index (χ3n) is 2.32. The smallest absolute Gasteiger partial charge is 0.264 e. The highest BCUT2D eigenvalue weighted by Gasteiger charge is 2.15. The van der Waals surface area contributed by atoms with Crippen molar-refractivity contribution in [3.63, 3.8) is 0 Å². The van der Waals surface area contributed by atoms with E-state index < -0.39 is 10.0 Å². The van der Waals surface area contributed by atoms with Gasteiger partial charge in [0.15, 0.2) is 0 Å². The molecular weight excluding hydrogens is 266 g/mol. The van der Waals surface area contributed by atoms with E-state index in [0.29, 0.717) is 6.54 Å². The Bertz CT molecular complexity index is 628. The molecule has 2 aromatic rings. The second-order valence-electron chi connectivity index (χ2n) is 3.75. The van der Waals surface area contributed by atoms with Gasteiger partial charge in [-0.2, -0.15) is 5.10 Å². The first-order chi connectivity index (χ1) is 9.12. The normalized spacial score (nSPS) is 11.2. The molecule has 0 amide bonds. The van der Waals surface area contributed by atoms with Crippen molar-refractivity contribution in [1.29, 1.82) is 0 Å². The minimum absolute atomic E-state index is 0.0539. The number of hydrogen-bond acceptors (Lipinski definition) is 6. The molecule has 19 heavy (non-hydrogen) atoms. The average molecular weight is 279 g/mol. The third kappa shape index (κ3) is 3.46. The second-order valence-corrected chi connectivity index (χ2v) is 5.43. The van der Waals surface area contributed by atoms with Crippen molar-refractivity contribution < 1.29 is 8.42 Å². The predicted octanol–water partition coefficient (Wildman–Crippen LogP) is 0.392. The van der Waals surface area contributed by atoms with Gasteiger partial charge in [-0.15, -0.1) is 5.10 Å². The predicted molar refractivity (Wildman–Crippen MR) is 69.8 cm³/mol. The molecule has 0 spiro atoms. The molecule has 0 atom stereocenters. The van der Waals surface area contributed by atoms with Gasteiger partial charge in [-0.25, -0.2) is 18.1 Å². The van der Waals surface area contributed by atoms with Gasteiger partial charge in [-0.05, 0) is 24.7 Å². The summed E-state index contributed by atoms with van der Waals surface area (Å²) in [5.74, 6) is -0.0539. The quantitative estimate of drug-likeness (QED) is 0.822. The molecular formula is C11H13N5O2S. The van der Waals surface area contributed by atoms with Crippen LogP contribution in [0.15, 0.2) is 41.6 Å². The highest BCUT2D eigenvalue weighted by Crippen LogP contribution is 2.13. The number of sulfonamides is 1. The summed E-state index contributed by atoms with van der Waals surface area (Å²) in [6.45, 7) is 0.680. The highest BCUT2D eigenvalue weighted by atomic mass is 32.2. The van der Waals surface area contributed by atoms with Gasteiger partial charge in [0.1, 0.15) is 0 Å². The van der Waals surface area contributed by atoms with E-state index in [1.54, 1.807) is 12.1 Å². The number of anilines is 1. The molecule has 0 fully saturated rings.